The lowest BCUT2D eigenvalue weighted by molar-refractivity contribution is 0.508. The third-order valence-electron chi connectivity index (χ3n) is 1.70. The number of hydrogen-bond acceptors (Lipinski definition) is 2. The van der Waals surface area contributed by atoms with E-state index in [0.717, 1.165) is 5.69 Å². The van der Waals surface area contributed by atoms with Gasteiger partial charge in [0, 0.05) is 11.7 Å². The van der Waals surface area contributed by atoms with Crippen LogP contribution in [0, 0.1) is 0 Å². The van der Waals surface area contributed by atoms with Gasteiger partial charge in [-0.25, -0.2) is 4.99 Å². The van der Waals surface area contributed by atoms with E-state index in [-0.39, 0.29) is 29.5 Å². The zero-order chi connectivity index (χ0) is 12.2. The van der Waals surface area contributed by atoms with Crippen molar-refractivity contribution in [1.29, 1.82) is 0 Å². The van der Waals surface area contributed by atoms with Gasteiger partial charge in [0.05, 0.1) is 17.3 Å². The van der Waals surface area contributed by atoms with Crippen molar-refractivity contribution >= 4 is 41.5 Å². The average molecular weight is 369 g/mol. The number of aromatic nitrogens is 1. The van der Waals surface area contributed by atoms with Gasteiger partial charge in [0.1, 0.15) is 0 Å². The van der Waals surface area contributed by atoms with Crippen LogP contribution in [0.2, 0.25) is 5.02 Å². The molecule has 0 aliphatic carbocycles. The van der Waals surface area contributed by atoms with Crippen LogP contribution in [0.25, 0.3) is 0 Å². The van der Waals surface area contributed by atoms with E-state index in [0.29, 0.717) is 17.5 Å². The Hall–Kier alpha value is -0.560. The molecule has 0 saturated carbocycles. The van der Waals surface area contributed by atoms with E-state index < -0.39 is 0 Å². The Balaban J connectivity index is 0.00000256. The van der Waals surface area contributed by atoms with Gasteiger partial charge in [-0.15, -0.1) is 24.0 Å². The molecule has 0 atom stereocenters. The minimum atomic E-state index is -0.0823. The maximum Gasteiger partial charge on any atom is 0.189 e. The summed E-state index contributed by atoms with van der Waals surface area (Å²) in [4.78, 5) is 8.31. The zero-order valence-corrected chi connectivity index (χ0v) is 13.3. The summed E-state index contributed by atoms with van der Waals surface area (Å²) in [5.41, 5.74) is 6.48. The summed E-state index contributed by atoms with van der Waals surface area (Å²) in [6, 6.07) is 3.61. The highest BCUT2D eigenvalue weighted by molar-refractivity contribution is 14.0. The molecular weight excluding hydrogens is 351 g/mol. The second-order valence-corrected chi connectivity index (χ2v) is 4.98. The highest BCUT2D eigenvalue weighted by Gasteiger charge is 2.09. The number of hydrogen-bond donors (Lipinski definition) is 2. The standard InChI is InChI=1S/C11H17ClN4.HI/c1-11(2,3)16-10(13)15-7-9-5-4-8(12)6-14-9;/h4-6H,7H2,1-3H3,(H3,13,15,16);1H. The first kappa shape index (κ1) is 16.4. The molecule has 0 amide bonds. The van der Waals surface area contributed by atoms with Crippen LogP contribution in [0.4, 0.5) is 0 Å². The largest absolute Gasteiger partial charge is 0.370 e. The van der Waals surface area contributed by atoms with Crippen molar-refractivity contribution in [3.8, 4) is 0 Å². The molecule has 0 aromatic carbocycles. The van der Waals surface area contributed by atoms with Crippen molar-refractivity contribution in [3.05, 3.63) is 29.0 Å². The Morgan fingerprint density at radius 1 is 1.47 bits per heavy atom. The van der Waals surface area contributed by atoms with Crippen molar-refractivity contribution < 1.29 is 0 Å². The fraction of sp³-hybridized carbons (Fsp3) is 0.455. The number of nitrogens with zero attached hydrogens (tertiary/aromatic N) is 2. The van der Waals surface area contributed by atoms with Gasteiger partial charge in [-0.05, 0) is 32.9 Å². The van der Waals surface area contributed by atoms with E-state index >= 15 is 0 Å². The van der Waals surface area contributed by atoms with Crippen LogP contribution in [-0.4, -0.2) is 16.5 Å². The second kappa shape index (κ2) is 7.00. The molecule has 96 valence electrons. The van der Waals surface area contributed by atoms with E-state index in [1.165, 1.54) is 0 Å². The molecule has 0 unspecified atom stereocenters. The van der Waals surface area contributed by atoms with E-state index in [1.807, 2.05) is 26.8 Å². The van der Waals surface area contributed by atoms with E-state index in [2.05, 4.69) is 15.3 Å². The van der Waals surface area contributed by atoms with Crippen LogP contribution < -0.4 is 11.1 Å². The van der Waals surface area contributed by atoms with E-state index in [4.69, 9.17) is 17.3 Å². The van der Waals surface area contributed by atoms with Crippen LogP contribution in [0.5, 0.6) is 0 Å². The first-order valence-corrected chi connectivity index (χ1v) is 5.43. The molecule has 0 aliphatic rings. The van der Waals surface area contributed by atoms with Crippen LogP contribution >= 0.6 is 35.6 Å². The molecular formula is C11H18ClIN4. The molecule has 3 N–H and O–H groups in total. The summed E-state index contributed by atoms with van der Waals surface area (Å²) >= 11 is 5.73. The molecule has 0 saturated heterocycles. The number of nitrogens with two attached hydrogens (primary N) is 1. The normalized spacial score (nSPS) is 11.9. The van der Waals surface area contributed by atoms with Gasteiger partial charge < -0.3 is 11.1 Å². The number of rotatable bonds is 2. The average Bonchev–Trinajstić information content (AvgIpc) is 2.14. The molecule has 4 nitrogen and oxygen atoms in total. The molecule has 0 spiro atoms. The van der Waals surface area contributed by atoms with Gasteiger partial charge >= 0.3 is 0 Å². The molecule has 0 aliphatic heterocycles. The van der Waals surface area contributed by atoms with Crippen LogP contribution in [-0.2, 0) is 6.54 Å². The predicted octanol–water partition coefficient (Wildman–Crippen LogP) is 2.56. The first-order chi connectivity index (χ1) is 7.37. The lowest BCUT2D eigenvalue weighted by atomic mass is 10.1. The molecule has 1 rings (SSSR count). The van der Waals surface area contributed by atoms with Crippen molar-refractivity contribution in [2.75, 3.05) is 0 Å². The highest BCUT2D eigenvalue weighted by atomic mass is 127. The monoisotopic (exact) mass is 368 g/mol. The summed E-state index contributed by atoms with van der Waals surface area (Å²) in [5, 5.41) is 3.69. The van der Waals surface area contributed by atoms with Crippen molar-refractivity contribution in [3.63, 3.8) is 0 Å². The van der Waals surface area contributed by atoms with Crippen LogP contribution in [0.15, 0.2) is 23.3 Å². The lowest BCUT2D eigenvalue weighted by Gasteiger charge is -2.20. The smallest absolute Gasteiger partial charge is 0.189 e. The summed E-state index contributed by atoms with van der Waals surface area (Å²) in [6.45, 7) is 6.52. The van der Waals surface area contributed by atoms with E-state index in [1.54, 1.807) is 12.3 Å². The van der Waals surface area contributed by atoms with Crippen molar-refractivity contribution in [2.24, 2.45) is 10.7 Å². The van der Waals surface area contributed by atoms with Gasteiger partial charge in [0.2, 0.25) is 0 Å². The number of nitrogens with one attached hydrogen (secondary N) is 1. The fourth-order valence-corrected chi connectivity index (χ4v) is 1.20. The number of pyridine rings is 1. The summed E-state index contributed by atoms with van der Waals surface area (Å²) < 4.78 is 0. The second-order valence-electron chi connectivity index (χ2n) is 4.54. The quantitative estimate of drug-likeness (QED) is 0.479. The van der Waals surface area contributed by atoms with Gasteiger partial charge in [0.15, 0.2) is 5.96 Å². The number of aliphatic imine (C=N–C) groups is 1. The minimum absolute atomic E-state index is 0. The molecule has 17 heavy (non-hydrogen) atoms. The van der Waals surface area contributed by atoms with E-state index in [9.17, 15) is 0 Å². The molecule has 1 aromatic heterocycles. The highest BCUT2D eigenvalue weighted by Crippen LogP contribution is 2.06. The van der Waals surface area contributed by atoms with Gasteiger partial charge in [-0.2, -0.15) is 0 Å². The SMILES string of the molecule is CC(C)(C)NC(N)=NCc1ccc(Cl)cn1.I. The lowest BCUT2D eigenvalue weighted by Crippen LogP contribution is -2.44. The number of guanidine groups is 1. The third-order valence-corrected chi connectivity index (χ3v) is 1.93. The Labute approximate surface area is 124 Å². The predicted molar refractivity (Wildman–Crippen MR) is 82.9 cm³/mol. The Bertz CT molecular complexity index is 370. The third kappa shape index (κ3) is 7.38. The Morgan fingerprint density at radius 3 is 2.59 bits per heavy atom. The van der Waals surface area contributed by atoms with Gasteiger partial charge in [-0.3, -0.25) is 4.98 Å². The molecule has 6 heteroatoms. The van der Waals surface area contributed by atoms with Crippen molar-refractivity contribution in [1.82, 2.24) is 10.3 Å². The molecule has 0 bridgehead atoms. The maximum atomic E-state index is 5.73. The zero-order valence-electron chi connectivity index (χ0n) is 10.2. The van der Waals surface area contributed by atoms with Gasteiger partial charge in [-0.1, -0.05) is 11.6 Å². The van der Waals surface area contributed by atoms with Crippen LogP contribution in [0.3, 0.4) is 0 Å². The molecule has 1 heterocycles. The Morgan fingerprint density at radius 2 is 2.12 bits per heavy atom. The molecule has 1 aromatic rings. The number of halogens is 2. The van der Waals surface area contributed by atoms with Crippen molar-refractivity contribution in [2.45, 2.75) is 32.9 Å². The maximum absolute atomic E-state index is 5.73. The molecule has 0 fully saturated rings. The first-order valence-electron chi connectivity index (χ1n) is 5.05. The summed E-state index contributed by atoms with van der Waals surface area (Å²) in [6.07, 6.45) is 1.60. The Kier molecular flexibility index (Phi) is 6.77. The topological polar surface area (TPSA) is 63.3 Å². The summed E-state index contributed by atoms with van der Waals surface area (Å²) in [7, 11) is 0. The van der Waals surface area contributed by atoms with Gasteiger partial charge in [0.25, 0.3) is 0 Å². The summed E-state index contributed by atoms with van der Waals surface area (Å²) in [5.74, 6) is 0.421. The minimum Gasteiger partial charge on any atom is -0.370 e. The fourth-order valence-electron chi connectivity index (χ4n) is 1.09. The molecule has 0 radical (unpaired) electrons. The van der Waals surface area contributed by atoms with Crippen LogP contribution in [0.1, 0.15) is 26.5 Å².